The van der Waals surface area contributed by atoms with Gasteiger partial charge in [-0.1, -0.05) is 11.6 Å². The van der Waals surface area contributed by atoms with Crippen LogP contribution in [0.15, 0.2) is 17.0 Å². The number of rotatable bonds is 2. The van der Waals surface area contributed by atoms with Gasteiger partial charge in [-0.2, -0.15) is 0 Å². The number of nitro benzene ring substituents is 1. The van der Waals surface area contributed by atoms with E-state index in [0.29, 0.717) is 5.56 Å². The molecule has 0 aromatic heterocycles. The minimum absolute atomic E-state index is 0. The summed E-state index contributed by atoms with van der Waals surface area (Å²) in [5.41, 5.74) is 0.0720. The van der Waals surface area contributed by atoms with Crippen molar-refractivity contribution in [2.24, 2.45) is 0 Å². The fourth-order valence-electron chi connectivity index (χ4n) is 0.967. The molecule has 0 aliphatic rings. The van der Waals surface area contributed by atoms with Gasteiger partial charge < -0.3 is 4.55 Å². The van der Waals surface area contributed by atoms with Crippen LogP contribution < -0.4 is 29.6 Å². The predicted molar refractivity (Wildman–Crippen MR) is 50.0 cm³/mol. The Hall–Kier alpha value is 0.0200. The molecule has 15 heavy (non-hydrogen) atoms. The van der Waals surface area contributed by atoms with Crippen LogP contribution in [-0.2, 0) is 11.1 Å². The largest absolute Gasteiger partial charge is 1.00 e. The monoisotopic (exact) mass is 257 g/mol. The van der Waals surface area contributed by atoms with E-state index in [9.17, 15) is 18.9 Å². The molecule has 1 atom stereocenters. The third kappa shape index (κ3) is 3.51. The average Bonchev–Trinajstić information content (AvgIpc) is 2.02. The quantitative estimate of drug-likeness (QED) is 0.288. The number of nitro groups is 1. The predicted octanol–water partition coefficient (Wildman–Crippen LogP) is -1.20. The zero-order chi connectivity index (χ0) is 10.9. The minimum Gasteiger partial charge on any atom is -0.768 e. The average molecular weight is 258 g/mol. The normalized spacial score (nSPS) is 11.7. The molecule has 0 amide bonds. The first kappa shape index (κ1) is 15.0. The Morgan fingerprint density at radius 3 is 2.40 bits per heavy atom. The summed E-state index contributed by atoms with van der Waals surface area (Å²) in [6.45, 7) is 1.49. The van der Waals surface area contributed by atoms with Gasteiger partial charge in [0.2, 0.25) is 0 Å². The van der Waals surface area contributed by atoms with Crippen LogP contribution in [0, 0.1) is 17.0 Å². The Balaban J connectivity index is 0.00000196. The van der Waals surface area contributed by atoms with Gasteiger partial charge in [0.25, 0.3) is 5.69 Å². The molecule has 0 saturated heterocycles. The van der Waals surface area contributed by atoms with Crippen LogP contribution in [0.1, 0.15) is 5.56 Å². The molecular formula is C7H5ClNNaO4S. The number of benzene rings is 1. The molecule has 1 aromatic rings. The van der Waals surface area contributed by atoms with Crippen LogP contribution in [0.2, 0.25) is 5.02 Å². The van der Waals surface area contributed by atoms with E-state index in [-0.39, 0.29) is 45.2 Å². The fraction of sp³-hybridized carbons (Fsp3) is 0.143. The SMILES string of the molecule is Cc1cc(Cl)c(S(=O)[O-])cc1[N+](=O)[O-].[Na+]. The molecule has 0 fully saturated rings. The summed E-state index contributed by atoms with van der Waals surface area (Å²) in [6, 6.07) is 2.20. The molecule has 0 aliphatic carbocycles. The van der Waals surface area contributed by atoms with Crippen LogP contribution >= 0.6 is 11.6 Å². The minimum atomic E-state index is -2.56. The van der Waals surface area contributed by atoms with Crippen molar-refractivity contribution in [3.63, 3.8) is 0 Å². The van der Waals surface area contributed by atoms with E-state index >= 15 is 0 Å². The van der Waals surface area contributed by atoms with Gasteiger partial charge in [-0.25, -0.2) is 0 Å². The van der Waals surface area contributed by atoms with Crippen LogP contribution in [0.3, 0.4) is 0 Å². The van der Waals surface area contributed by atoms with Gasteiger partial charge in [-0.3, -0.25) is 14.3 Å². The van der Waals surface area contributed by atoms with E-state index in [1.807, 2.05) is 0 Å². The van der Waals surface area contributed by atoms with E-state index in [1.165, 1.54) is 13.0 Å². The summed E-state index contributed by atoms with van der Waals surface area (Å²) in [5.74, 6) is 0. The molecule has 1 rings (SSSR count). The summed E-state index contributed by atoms with van der Waals surface area (Å²) in [7, 11) is 0. The standard InChI is InChI=1S/C7H6ClNO4S.Na/c1-4-2-5(8)7(14(12)13)3-6(4)9(10)11;/h2-3H,1H3,(H,12,13);/q;+1/p-1. The Bertz CT molecular complexity index is 390. The number of aryl methyl sites for hydroxylation is 1. The van der Waals surface area contributed by atoms with Gasteiger partial charge in [-0.15, -0.1) is 0 Å². The number of nitrogens with zero attached hydrogens (tertiary/aromatic N) is 1. The molecule has 0 aliphatic heterocycles. The van der Waals surface area contributed by atoms with Gasteiger partial charge in [0.1, 0.15) is 0 Å². The Kier molecular flexibility index (Phi) is 5.94. The second kappa shape index (κ2) is 5.93. The van der Waals surface area contributed by atoms with Gasteiger partial charge in [0.15, 0.2) is 0 Å². The Morgan fingerprint density at radius 1 is 1.47 bits per heavy atom. The van der Waals surface area contributed by atoms with Crippen molar-refractivity contribution >= 4 is 28.4 Å². The van der Waals surface area contributed by atoms with Crippen molar-refractivity contribution in [2.45, 2.75) is 11.8 Å². The van der Waals surface area contributed by atoms with Gasteiger partial charge in [-0.05, 0) is 24.1 Å². The zero-order valence-corrected chi connectivity index (χ0v) is 11.6. The topological polar surface area (TPSA) is 83.3 Å². The van der Waals surface area contributed by atoms with E-state index < -0.39 is 16.0 Å². The molecular weight excluding hydrogens is 253 g/mol. The summed E-state index contributed by atoms with van der Waals surface area (Å²) in [4.78, 5) is 9.56. The van der Waals surface area contributed by atoms with Crippen LogP contribution in [0.25, 0.3) is 0 Å². The maximum Gasteiger partial charge on any atom is 1.00 e. The van der Waals surface area contributed by atoms with Crippen molar-refractivity contribution in [1.29, 1.82) is 0 Å². The van der Waals surface area contributed by atoms with Crippen molar-refractivity contribution in [3.8, 4) is 0 Å². The zero-order valence-electron chi connectivity index (χ0n) is 8.02. The first-order valence-electron chi connectivity index (χ1n) is 3.47. The summed E-state index contributed by atoms with van der Waals surface area (Å²) in [5, 5.41) is 10.5. The second-order valence-corrected chi connectivity index (χ2v) is 3.88. The maximum absolute atomic E-state index is 10.6. The van der Waals surface area contributed by atoms with Crippen molar-refractivity contribution < 1.29 is 43.2 Å². The van der Waals surface area contributed by atoms with E-state index in [1.54, 1.807) is 0 Å². The Morgan fingerprint density at radius 2 is 2.00 bits per heavy atom. The smallest absolute Gasteiger partial charge is 0.768 e. The van der Waals surface area contributed by atoms with Crippen LogP contribution in [-0.4, -0.2) is 13.7 Å². The first-order valence-corrected chi connectivity index (χ1v) is 4.92. The van der Waals surface area contributed by atoms with Crippen LogP contribution in [0.5, 0.6) is 0 Å². The molecule has 0 heterocycles. The van der Waals surface area contributed by atoms with E-state index in [2.05, 4.69) is 0 Å². The first-order chi connectivity index (χ1) is 6.43. The number of hydrogen-bond donors (Lipinski definition) is 0. The summed E-state index contributed by atoms with van der Waals surface area (Å²) >= 11 is 3.02. The summed E-state index contributed by atoms with van der Waals surface area (Å²) in [6.07, 6.45) is 0. The van der Waals surface area contributed by atoms with Crippen molar-refractivity contribution in [1.82, 2.24) is 0 Å². The molecule has 0 bridgehead atoms. The molecule has 1 unspecified atom stereocenters. The molecule has 76 valence electrons. The van der Waals surface area contributed by atoms with Gasteiger partial charge in [0, 0.05) is 11.6 Å². The molecule has 0 spiro atoms. The molecule has 5 nitrogen and oxygen atoms in total. The Labute approximate surface area is 116 Å². The molecule has 1 aromatic carbocycles. The molecule has 8 heteroatoms. The third-order valence-electron chi connectivity index (χ3n) is 1.63. The maximum atomic E-state index is 10.6. The molecule has 0 saturated carbocycles. The van der Waals surface area contributed by atoms with E-state index in [4.69, 9.17) is 11.6 Å². The number of hydrogen-bond acceptors (Lipinski definition) is 4. The molecule has 0 N–H and O–H groups in total. The van der Waals surface area contributed by atoms with Gasteiger partial charge in [0.05, 0.1) is 14.8 Å². The van der Waals surface area contributed by atoms with E-state index in [0.717, 1.165) is 6.07 Å². The second-order valence-electron chi connectivity index (χ2n) is 2.56. The molecule has 0 radical (unpaired) electrons. The summed E-state index contributed by atoms with van der Waals surface area (Å²) < 4.78 is 21.2. The van der Waals surface area contributed by atoms with Crippen molar-refractivity contribution in [3.05, 3.63) is 32.8 Å². The third-order valence-corrected chi connectivity index (χ3v) is 2.75. The van der Waals surface area contributed by atoms with Crippen LogP contribution in [0.4, 0.5) is 5.69 Å². The number of halogens is 1. The van der Waals surface area contributed by atoms with Crippen molar-refractivity contribution in [2.75, 3.05) is 0 Å². The van der Waals surface area contributed by atoms with Gasteiger partial charge >= 0.3 is 29.6 Å². The fourth-order valence-corrected chi connectivity index (χ4v) is 1.80.